The third kappa shape index (κ3) is 6.51. The Bertz CT molecular complexity index is 580. The molecule has 1 atom stereocenters. The monoisotopic (exact) mass is 324 g/mol. The summed E-state index contributed by atoms with van der Waals surface area (Å²) in [4.78, 5) is 12.0. The third-order valence-corrected chi connectivity index (χ3v) is 2.76. The molecule has 0 spiro atoms. The van der Waals surface area contributed by atoms with Gasteiger partial charge in [0.15, 0.2) is 0 Å². The largest absolute Gasteiger partial charge is 0.332 e. The number of benzene rings is 1. The van der Waals surface area contributed by atoms with Crippen molar-refractivity contribution >= 4 is 29.1 Å². The predicted octanol–water partition coefficient (Wildman–Crippen LogP) is 3.39. The molecule has 0 saturated heterocycles. The molecule has 1 aromatic carbocycles. The van der Waals surface area contributed by atoms with E-state index in [9.17, 15) is 4.79 Å². The summed E-state index contributed by atoms with van der Waals surface area (Å²) >= 11 is 11.6. The van der Waals surface area contributed by atoms with Crippen molar-refractivity contribution in [1.29, 1.82) is 5.26 Å². The fourth-order valence-corrected chi connectivity index (χ4v) is 1.91. The number of carbonyl (C=O) groups is 1. The van der Waals surface area contributed by atoms with Crippen molar-refractivity contribution in [1.82, 2.24) is 5.32 Å². The molecule has 110 valence electrons. The van der Waals surface area contributed by atoms with E-state index in [4.69, 9.17) is 33.2 Å². The van der Waals surface area contributed by atoms with E-state index in [1.54, 1.807) is 0 Å². The molecule has 1 N–H and O–H groups in total. The summed E-state index contributed by atoms with van der Waals surface area (Å²) in [6.45, 7) is 2.10. The minimum Gasteiger partial charge on any atom is -0.332 e. The van der Waals surface area contributed by atoms with Crippen molar-refractivity contribution in [3.63, 3.8) is 0 Å². The van der Waals surface area contributed by atoms with Gasteiger partial charge in [-0.3, -0.25) is 4.79 Å². The van der Waals surface area contributed by atoms with Crippen LogP contribution in [0.4, 0.5) is 0 Å². The predicted molar refractivity (Wildman–Crippen MR) is 82.0 cm³/mol. The first-order valence-electron chi connectivity index (χ1n) is 6.30. The van der Waals surface area contributed by atoms with E-state index in [0.717, 1.165) is 12.8 Å². The van der Waals surface area contributed by atoms with Crippen molar-refractivity contribution in [2.24, 2.45) is 0 Å². The van der Waals surface area contributed by atoms with Crippen molar-refractivity contribution in [3.8, 4) is 17.9 Å². The van der Waals surface area contributed by atoms with Gasteiger partial charge in [0.25, 0.3) is 5.91 Å². The Balaban J connectivity index is 2.59. The highest BCUT2D eigenvalue weighted by Crippen LogP contribution is 2.19. The molecule has 0 bridgehead atoms. The first-order valence-corrected chi connectivity index (χ1v) is 7.06. The van der Waals surface area contributed by atoms with E-state index in [2.05, 4.69) is 17.2 Å². The molecular formula is C15H14Cl2N2O2. The summed E-state index contributed by atoms with van der Waals surface area (Å²) < 4.78 is 5.16. The zero-order chi connectivity index (χ0) is 15.7. The van der Waals surface area contributed by atoms with E-state index in [1.807, 2.05) is 13.0 Å². The summed E-state index contributed by atoms with van der Waals surface area (Å²) in [7, 11) is 0. The first-order chi connectivity index (χ1) is 10.1. The number of hydrogen-bond donors (Lipinski definition) is 1. The second-order valence-electron chi connectivity index (χ2n) is 4.06. The molecule has 0 saturated carbocycles. The van der Waals surface area contributed by atoms with Crippen molar-refractivity contribution in [2.45, 2.75) is 26.0 Å². The number of amides is 1. The summed E-state index contributed by atoms with van der Waals surface area (Å²) in [5.41, 5.74) is 0.258. The lowest BCUT2D eigenvalue weighted by Gasteiger charge is -2.11. The molecule has 0 fully saturated rings. The van der Waals surface area contributed by atoms with Gasteiger partial charge in [0.05, 0.1) is 0 Å². The molecule has 4 nitrogen and oxygen atoms in total. The summed E-state index contributed by atoms with van der Waals surface area (Å²) in [5.74, 6) is 5.15. The molecule has 1 unspecified atom stereocenters. The summed E-state index contributed by atoms with van der Waals surface area (Å²) in [6, 6.07) is 6.26. The van der Waals surface area contributed by atoms with Crippen LogP contribution < -0.4 is 5.32 Å². The Hall–Kier alpha value is -1.72. The van der Waals surface area contributed by atoms with Crippen molar-refractivity contribution in [3.05, 3.63) is 33.8 Å². The van der Waals surface area contributed by atoms with Gasteiger partial charge in [-0.1, -0.05) is 36.0 Å². The highest BCUT2D eigenvalue weighted by Gasteiger charge is 2.14. The molecule has 0 aliphatic carbocycles. The maximum Gasteiger partial charge on any atom is 0.254 e. The molecule has 21 heavy (non-hydrogen) atoms. The van der Waals surface area contributed by atoms with Crippen LogP contribution in [-0.4, -0.2) is 18.7 Å². The van der Waals surface area contributed by atoms with E-state index >= 15 is 0 Å². The van der Waals surface area contributed by atoms with Gasteiger partial charge in [0, 0.05) is 22.0 Å². The Morgan fingerprint density at radius 1 is 1.33 bits per heavy atom. The van der Waals surface area contributed by atoms with Crippen LogP contribution in [0, 0.1) is 23.2 Å². The summed E-state index contributed by atoms with van der Waals surface area (Å²) in [6.07, 6.45) is 0.653. The molecule has 1 amide bonds. The lowest BCUT2D eigenvalue weighted by atomic mass is 10.2. The summed E-state index contributed by atoms with van der Waals surface area (Å²) in [5, 5.41) is 12.0. The lowest BCUT2D eigenvalue weighted by Crippen LogP contribution is -2.36. The number of carbonyl (C=O) groups excluding carboxylic acids is 1. The molecule has 6 heteroatoms. The van der Waals surface area contributed by atoms with Crippen LogP contribution in [0.1, 0.15) is 30.1 Å². The normalized spacial score (nSPS) is 11.0. The van der Waals surface area contributed by atoms with Crippen LogP contribution in [0.3, 0.4) is 0 Å². The van der Waals surface area contributed by atoms with Crippen LogP contribution in [-0.2, 0) is 4.74 Å². The zero-order valence-electron chi connectivity index (χ0n) is 11.5. The van der Waals surface area contributed by atoms with Gasteiger partial charge in [-0.15, -0.1) is 5.92 Å². The van der Waals surface area contributed by atoms with Crippen LogP contribution in [0.25, 0.3) is 0 Å². The maximum atomic E-state index is 12.0. The number of ether oxygens (including phenoxy) is 1. The highest BCUT2D eigenvalue weighted by molar-refractivity contribution is 6.35. The standard InChI is InChI=1S/C15H14Cl2N2O2/c1-2-3-4-5-6-21-14(10-18)19-15(20)11-7-12(16)9-13(17)8-11/h7-9,14H,2-3,6H2,1H3,(H,19,20). The number of hydrogen-bond acceptors (Lipinski definition) is 3. The van der Waals surface area contributed by atoms with E-state index in [-0.39, 0.29) is 12.2 Å². The second-order valence-corrected chi connectivity index (χ2v) is 4.93. The molecule has 0 aliphatic rings. The average molecular weight is 325 g/mol. The molecule has 0 aromatic heterocycles. The molecule has 1 rings (SSSR count). The maximum absolute atomic E-state index is 12.0. The molecule has 0 heterocycles. The van der Waals surface area contributed by atoms with Gasteiger partial charge in [-0.25, -0.2) is 0 Å². The van der Waals surface area contributed by atoms with Crippen molar-refractivity contribution < 1.29 is 9.53 Å². The average Bonchev–Trinajstić information content (AvgIpc) is 2.44. The Kier molecular flexibility index (Phi) is 7.64. The lowest BCUT2D eigenvalue weighted by molar-refractivity contribution is 0.0684. The van der Waals surface area contributed by atoms with Gasteiger partial charge >= 0.3 is 0 Å². The molecule has 0 aliphatic heterocycles. The number of unbranched alkanes of at least 4 members (excludes halogenated alkanes) is 1. The SMILES string of the molecule is CCCC#CCOC(C#N)NC(=O)c1cc(Cl)cc(Cl)c1. The van der Waals surface area contributed by atoms with Gasteiger partial charge in [0.1, 0.15) is 12.7 Å². The number of nitriles is 1. The third-order valence-electron chi connectivity index (χ3n) is 2.33. The zero-order valence-corrected chi connectivity index (χ0v) is 13.0. The minimum atomic E-state index is -1.08. The van der Waals surface area contributed by atoms with Crippen LogP contribution in [0.5, 0.6) is 0 Å². The Morgan fingerprint density at radius 2 is 2.00 bits per heavy atom. The Labute approximate surface area is 134 Å². The fraction of sp³-hybridized carbons (Fsp3) is 0.333. The van der Waals surface area contributed by atoms with Gasteiger partial charge < -0.3 is 10.1 Å². The van der Waals surface area contributed by atoms with Gasteiger partial charge in [-0.05, 0) is 24.6 Å². The van der Waals surface area contributed by atoms with Crippen LogP contribution >= 0.6 is 23.2 Å². The van der Waals surface area contributed by atoms with E-state index in [1.165, 1.54) is 18.2 Å². The number of nitrogens with one attached hydrogen (secondary N) is 1. The van der Waals surface area contributed by atoms with Crippen molar-refractivity contribution in [2.75, 3.05) is 6.61 Å². The van der Waals surface area contributed by atoms with E-state index in [0.29, 0.717) is 10.0 Å². The molecular weight excluding hydrogens is 311 g/mol. The number of rotatable bonds is 5. The quantitative estimate of drug-likeness (QED) is 0.667. The molecule has 1 aromatic rings. The van der Waals surface area contributed by atoms with E-state index < -0.39 is 12.1 Å². The first kappa shape index (κ1) is 17.3. The molecule has 0 radical (unpaired) electrons. The van der Waals surface area contributed by atoms with Crippen LogP contribution in [0.15, 0.2) is 18.2 Å². The second kappa shape index (κ2) is 9.26. The number of halogens is 2. The fourth-order valence-electron chi connectivity index (χ4n) is 1.39. The van der Waals surface area contributed by atoms with Gasteiger partial charge in [0.2, 0.25) is 6.23 Å². The smallest absolute Gasteiger partial charge is 0.254 e. The minimum absolute atomic E-state index is 0.0782. The van der Waals surface area contributed by atoms with Crippen LogP contribution in [0.2, 0.25) is 10.0 Å². The number of nitrogens with zero attached hydrogens (tertiary/aromatic N) is 1. The topological polar surface area (TPSA) is 62.1 Å². The highest BCUT2D eigenvalue weighted by atomic mass is 35.5. The Morgan fingerprint density at radius 3 is 2.57 bits per heavy atom. The van der Waals surface area contributed by atoms with Gasteiger partial charge in [-0.2, -0.15) is 5.26 Å².